The van der Waals surface area contributed by atoms with Crippen LogP contribution >= 0.6 is 0 Å². The SMILES string of the molecule is CNc1c(/C=N/O)ccc(-c2cccc(O)c2)c1-c1cccc(O)c1. The van der Waals surface area contributed by atoms with Gasteiger partial charge >= 0.3 is 0 Å². The summed E-state index contributed by atoms with van der Waals surface area (Å²) < 4.78 is 0. The Morgan fingerprint density at radius 1 is 0.880 bits per heavy atom. The van der Waals surface area contributed by atoms with Crippen LogP contribution in [0.3, 0.4) is 0 Å². The first-order valence-corrected chi connectivity index (χ1v) is 7.75. The number of benzene rings is 3. The highest BCUT2D eigenvalue weighted by molar-refractivity contribution is 6.00. The minimum absolute atomic E-state index is 0.155. The molecule has 0 aliphatic carbocycles. The topological polar surface area (TPSA) is 85.1 Å². The van der Waals surface area contributed by atoms with E-state index in [1.165, 1.54) is 6.21 Å². The fourth-order valence-electron chi connectivity index (χ4n) is 2.93. The van der Waals surface area contributed by atoms with Gasteiger partial charge in [0.25, 0.3) is 0 Å². The first-order valence-electron chi connectivity index (χ1n) is 7.75. The molecule has 5 nitrogen and oxygen atoms in total. The summed E-state index contributed by atoms with van der Waals surface area (Å²) in [5.41, 5.74) is 4.80. The maximum atomic E-state index is 9.89. The number of nitrogens with one attached hydrogen (secondary N) is 1. The average Bonchev–Trinajstić information content (AvgIpc) is 2.61. The van der Waals surface area contributed by atoms with Gasteiger partial charge in [0.05, 0.1) is 11.9 Å². The third kappa shape index (κ3) is 3.26. The van der Waals surface area contributed by atoms with Crippen LogP contribution in [0, 0.1) is 0 Å². The van der Waals surface area contributed by atoms with Gasteiger partial charge in [0.15, 0.2) is 0 Å². The van der Waals surface area contributed by atoms with Crippen molar-refractivity contribution in [2.24, 2.45) is 5.16 Å². The van der Waals surface area contributed by atoms with E-state index >= 15 is 0 Å². The summed E-state index contributed by atoms with van der Waals surface area (Å²) in [5.74, 6) is 0.328. The molecule has 0 aliphatic rings. The summed E-state index contributed by atoms with van der Waals surface area (Å²) in [4.78, 5) is 0. The third-order valence-electron chi connectivity index (χ3n) is 3.98. The van der Waals surface area contributed by atoms with Gasteiger partial charge in [-0.1, -0.05) is 41.6 Å². The number of anilines is 1. The molecular weight excluding hydrogens is 316 g/mol. The molecule has 0 heterocycles. The summed E-state index contributed by atoms with van der Waals surface area (Å²) in [7, 11) is 1.78. The molecule has 5 heteroatoms. The van der Waals surface area contributed by atoms with Crippen LogP contribution in [0.5, 0.6) is 11.5 Å². The Morgan fingerprint density at radius 2 is 1.52 bits per heavy atom. The van der Waals surface area contributed by atoms with Crippen LogP contribution in [0.2, 0.25) is 0 Å². The minimum Gasteiger partial charge on any atom is -0.508 e. The maximum Gasteiger partial charge on any atom is 0.116 e. The molecule has 0 radical (unpaired) electrons. The van der Waals surface area contributed by atoms with E-state index < -0.39 is 0 Å². The Balaban J connectivity index is 2.35. The van der Waals surface area contributed by atoms with Crippen LogP contribution < -0.4 is 5.32 Å². The Kier molecular flexibility index (Phi) is 4.57. The minimum atomic E-state index is 0.155. The van der Waals surface area contributed by atoms with Gasteiger partial charge in [-0.05, 0) is 41.0 Å². The molecule has 0 unspecified atom stereocenters. The van der Waals surface area contributed by atoms with Gasteiger partial charge in [0.1, 0.15) is 11.5 Å². The highest BCUT2D eigenvalue weighted by Gasteiger charge is 2.16. The molecule has 0 aliphatic heterocycles. The smallest absolute Gasteiger partial charge is 0.116 e. The molecular formula is C20H18N2O3. The maximum absolute atomic E-state index is 9.89. The number of phenolic OH excluding ortho intramolecular Hbond substituents is 2. The molecule has 126 valence electrons. The molecule has 0 fully saturated rings. The molecule has 0 saturated heterocycles. The van der Waals surface area contributed by atoms with Crippen molar-refractivity contribution in [2.75, 3.05) is 12.4 Å². The summed E-state index contributed by atoms with van der Waals surface area (Å²) in [6, 6.07) is 17.6. The number of aromatic hydroxyl groups is 2. The van der Waals surface area contributed by atoms with Crippen molar-refractivity contribution < 1.29 is 15.4 Å². The molecule has 3 aromatic rings. The van der Waals surface area contributed by atoms with E-state index in [1.807, 2.05) is 24.3 Å². The normalized spacial score (nSPS) is 10.9. The van der Waals surface area contributed by atoms with E-state index in [2.05, 4.69) is 10.5 Å². The zero-order chi connectivity index (χ0) is 17.8. The lowest BCUT2D eigenvalue weighted by molar-refractivity contribution is 0.322. The first-order chi connectivity index (χ1) is 12.1. The van der Waals surface area contributed by atoms with Crippen LogP contribution in [0.1, 0.15) is 5.56 Å². The third-order valence-corrected chi connectivity index (χ3v) is 3.98. The Bertz CT molecular complexity index is 936. The molecule has 0 aromatic heterocycles. The number of hydrogen-bond acceptors (Lipinski definition) is 5. The quantitative estimate of drug-likeness (QED) is 0.326. The zero-order valence-electron chi connectivity index (χ0n) is 13.6. The van der Waals surface area contributed by atoms with Crippen molar-refractivity contribution in [3.8, 4) is 33.8 Å². The number of hydrogen-bond donors (Lipinski definition) is 4. The van der Waals surface area contributed by atoms with E-state index in [4.69, 9.17) is 5.21 Å². The van der Waals surface area contributed by atoms with Crippen molar-refractivity contribution in [2.45, 2.75) is 0 Å². The van der Waals surface area contributed by atoms with Gasteiger partial charge in [-0.15, -0.1) is 0 Å². The second-order valence-corrected chi connectivity index (χ2v) is 5.55. The van der Waals surface area contributed by atoms with Crippen molar-refractivity contribution in [1.82, 2.24) is 0 Å². The van der Waals surface area contributed by atoms with Gasteiger partial charge in [0.2, 0.25) is 0 Å². The monoisotopic (exact) mass is 334 g/mol. The number of nitrogens with zero attached hydrogens (tertiary/aromatic N) is 1. The lowest BCUT2D eigenvalue weighted by Gasteiger charge is -2.18. The second-order valence-electron chi connectivity index (χ2n) is 5.55. The Morgan fingerprint density at radius 3 is 2.12 bits per heavy atom. The van der Waals surface area contributed by atoms with Crippen LogP contribution in [-0.2, 0) is 0 Å². The molecule has 4 N–H and O–H groups in total. The standard InChI is InChI=1S/C20H18N2O3/c1-21-20-15(12-22-25)8-9-18(13-4-2-6-16(23)10-13)19(20)14-5-3-7-17(24)11-14/h2-12,21,23-25H,1H3/b22-12+. The molecule has 0 bridgehead atoms. The molecule has 0 saturated carbocycles. The first kappa shape index (κ1) is 16.4. The summed E-state index contributed by atoms with van der Waals surface area (Å²) in [5, 5.41) is 34.9. The van der Waals surface area contributed by atoms with E-state index in [1.54, 1.807) is 43.4 Å². The largest absolute Gasteiger partial charge is 0.508 e. The fraction of sp³-hybridized carbons (Fsp3) is 0.0500. The zero-order valence-corrected chi connectivity index (χ0v) is 13.6. The van der Waals surface area contributed by atoms with E-state index in [0.717, 1.165) is 27.9 Å². The van der Waals surface area contributed by atoms with Gasteiger partial charge in [-0.3, -0.25) is 0 Å². The van der Waals surface area contributed by atoms with Gasteiger partial charge in [-0.25, -0.2) is 0 Å². The predicted octanol–water partition coefficient (Wildman–Crippen LogP) is 4.28. The number of rotatable bonds is 4. The number of oxime groups is 1. The van der Waals surface area contributed by atoms with Crippen molar-refractivity contribution >= 4 is 11.9 Å². The highest BCUT2D eigenvalue weighted by atomic mass is 16.4. The van der Waals surface area contributed by atoms with Gasteiger partial charge in [0, 0.05) is 18.2 Å². The molecule has 0 atom stereocenters. The van der Waals surface area contributed by atoms with E-state index in [-0.39, 0.29) is 11.5 Å². The lowest BCUT2D eigenvalue weighted by Crippen LogP contribution is -2.00. The summed E-state index contributed by atoms with van der Waals surface area (Å²) in [6.07, 6.45) is 1.35. The van der Waals surface area contributed by atoms with Crippen LogP contribution in [0.4, 0.5) is 5.69 Å². The van der Waals surface area contributed by atoms with E-state index in [9.17, 15) is 10.2 Å². The van der Waals surface area contributed by atoms with Crippen molar-refractivity contribution in [3.63, 3.8) is 0 Å². The average molecular weight is 334 g/mol. The van der Waals surface area contributed by atoms with Crippen LogP contribution in [-0.4, -0.2) is 28.7 Å². The van der Waals surface area contributed by atoms with Gasteiger partial charge < -0.3 is 20.7 Å². The molecule has 3 rings (SSSR count). The molecule has 0 spiro atoms. The Labute approximate surface area is 145 Å². The Hall–Kier alpha value is -3.47. The summed E-state index contributed by atoms with van der Waals surface area (Å²) in [6.45, 7) is 0. The lowest BCUT2D eigenvalue weighted by atomic mass is 9.90. The fourth-order valence-corrected chi connectivity index (χ4v) is 2.93. The number of phenols is 2. The van der Waals surface area contributed by atoms with Gasteiger partial charge in [-0.2, -0.15) is 0 Å². The second kappa shape index (κ2) is 6.97. The van der Waals surface area contributed by atoms with E-state index in [0.29, 0.717) is 5.56 Å². The molecule has 25 heavy (non-hydrogen) atoms. The predicted molar refractivity (Wildman–Crippen MR) is 99.6 cm³/mol. The van der Waals surface area contributed by atoms with Crippen LogP contribution in [0.15, 0.2) is 65.8 Å². The summed E-state index contributed by atoms with van der Waals surface area (Å²) >= 11 is 0. The molecule has 0 amide bonds. The van der Waals surface area contributed by atoms with Crippen LogP contribution in [0.25, 0.3) is 22.3 Å². The molecule has 3 aromatic carbocycles. The van der Waals surface area contributed by atoms with Crippen molar-refractivity contribution in [1.29, 1.82) is 0 Å². The highest BCUT2D eigenvalue weighted by Crippen LogP contribution is 2.41. The van der Waals surface area contributed by atoms with Crippen molar-refractivity contribution in [3.05, 3.63) is 66.2 Å².